The van der Waals surface area contributed by atoms with Crippen molar-refractivity contribution < 1.29 is 17.6 Å². The van der Waals surface area contributed by atoms with Gasteiger partial charge in [0.2, 0.25) is 10.0 Å². The van der Waals surface area contributed by atoms with Gasteiger partial charge in [-0.05, 0) is 30.3 Å². The van der Waals surface area contributed by atoms with Gasteiger partial charge in [-0.3, -0.25) is 4.79 Å². The van der Waals surface area contributed by atoms with Crippen molar-refractivity contribution in [2.24, 2.45) is 0 Å². The molecular weight excluding hydrogens is 330 g/mol. The molecule has 0 radical (unpaired) electrons. The molecule has 1 aliphatic heterocycles. The molecule has 0 atom stereocenters. The third-order valence-electron chi connectivity index (χ3n) is 3.86. The molecule has 1 aliphatic rings. The van der Waals surface area contributed by atoms with Crippen LogP contribution in [0.15, 0.2) is 52.0 Å². The molecule has 1 amide bonds. The summed E-state index contributed by atoms with van der Waals surface area (Å²) < 4.78 is 31.7. The van der Waals surface area contributed by atoms with E-state index in [2.05, 4.69) is 0 Å². The summed E-state index contributed by atoms with van der Waals surface area (Å²) in [6.45, 7) is 0.977. The summed E-state index contributed by atoms with van der Waals surface area (Å²) in [7, 11) is -3.68. The number of nitrogens with zero attached hydrogens (tertiary/aromatic N) is 3. The van der Waals surface area contributed by atoms with Gasteiger partial charge in [-0.15, -0.1) is 0 Å². The van der Waals surface area contributed by atoms with Crippen LogP contribution in [0.5, 0.6) is 0 Å². The summed E-state index contributed by atoms with van der Waals surface area (Å²) >= 11 is 0. The van der Waals surface area contributed by atoms with Crippen LogP contribution >= 0.6 is 0 Å². The molecule has 0 bridgehead atoms. The van der Waals surface area contributed by atoms with E-state index in [-0.39, 0.29) is 42.7 Å². The Morgan fingerprint density at radius 3 is 2.50 bits per heavy atom. The van der Waals surface area contributed by atoms with Gasteiger partial charge >= 0.3 is 0 Å². The van der Waals surface area contributed by atoms with Gasteiger partial charge in [0.25, 0.3) is 5.91 Å². The summed E-state index contributed by atoms with van der Waals surface area (Å²) in [6.07, 6.45) is 1.43. The number of carbonyl (C=O) groups is 1. The minimum absolute atomic E-state index is 0.0901. The highest BCUT2D eigenvalue weighted by Gasteiger charge is 2.31. The quantitative estimate of drug-likeness (QED) is 0.835. The van der Waals surface area contributed by atoms with Gasteiger partial charge in [-0.25, -0.2) is 8.42 Å². The first kappa shape index (κ1) is 16.2. The number of furan rings is 1. The predicted octanol–water partition coefficient (Wildman–Crippen LogP) is 1.30. The zero-order valence-corrected chi connectivity index (χ0v) is 13.6. The number of nitriles is 1. The number of carbonyl (C=O) groups excluding carboxylic acids is 1. The van der Waals surface area contributed by atoms with Gasteiger partial charge < -0.3 is 9.32 Å². The molecule has 0 saturated carbocycles. The molecule has 0 N–H and O–H groups in total. The van der Waals surface area contributed by atoms with Gasteiger partial charge in [0.1, 0.15) is 0 Å². The summed E-state index contributed by atoms with van der Waals surface area (Å²) in [6, 6.07) is 11.1. The highest BCUT2D eigenvalue weighted by molar-refractivity contribution is 7.89. The summed E-state index contributed by atoms with van der Waals surface area (Å²) in [5, 5.41) is 8.91. The first-order valence-electron chi connectivity index (χ1n) is 7.35. The Labute approximate surface area is 139 Å². The van der Waals surface area contributed by atoms with Crippen LogP contribution < -0.4 is 0 Å². The Morgan fingerprint density at radius 1 is 1.12 bits per heavy atom. The average molecular weight is 345 g/mol. The van der Waals surface area contributed by atoms with Gasteiger partial charge in [0.05, 0.1) is 22.8 Å². The molecule has 1 aromatic heterocycles. The predicted molar refractivity (Wildman–Crippen MR) is 84.5 cm³/mol. The Bertz CT molecular complexity index is 876. The molecule has 3 rings (SSSR count). The van der Waals surface area contributed by atoms with Crippen molar-refractivity contribution in [2.75, 3.05) is 26.2 Å². The average Bonchev–Trinajstić information content (AvgIpc) is 3.16. The summed E-state index contributed by atoms with van der Waals surface area (Å²) in [5.74, 6) is -0.00319. The summed E-state index contributed by atoms with van der Waals surface area (Å²) in [5.41, 5.74) is 0.294. The molecule has 1 saturated heterocycles. The van der Waals surface area contributed by atoms with Gasteiger partial charge in [0.15, 0.2) is 5.76 Å². The van der Waals surface area contributed by atoms with Crippen molar-refractivity contribution in [1.29, 1.82) is 5.26 Å². The lowest BCUT2D eigenvalue weighted by Gasteiger charge is -2.33. The number of sulfonamides is 1. The van der Waals surface area contributed by atoms with Gasteiger partial charge in [-0.2, -0.15) is 9.57 Å². The van der Waals surface area contributed by atoms with Crippen molar-refractivity contribution >= 4 is 15.9 Å². The highest BCUT2D eigenvalue weighted by atomic mass is 32.2. The van der Waals surface area contributed by atoms with E-state index < -0.39 is 10.0 Å². The van der Waals surface area contributed by atoms with Crippen LogP contribution in [0.1, 0.15) is 16.1 Å². The minimum atomic E-state index is -3.68. The van der Waals surface area contributed by atoms with Crippen molar-refractivity contribution in [3.8, 4) is 6.07 Å². The molecule has 1 fully saturated rings. The standard InChI is InChI=1S/C16H15N3O4S/c17-12-13-3-1-4-14(11-13)24(21,22)19-8-6-18(7-9-19)16(20)15-5-2-10-23-15/h1-5,10-11H,6-9H2. The fourth-order valence-corrected chi connectivity index (χ4v) is 4.03. The van der Waals surface area contributed by atoms with Crippen molar-refractivity contribution in [3.05, 3.63) is 54.0 Å². The Kier molecular flexibility index (Phi) is 4.38. The second kappa shape index (κ2) is 6.47. The molecule has 0 spiro atoms. The second-order valence-electron chi connectivity index (χ2n) is 5.31. The molecule has 124 valence electrons. The molecule has 2 aromatic rings. The van der Waals surface area contributed by atoms with E-state index in [4.69, 9.17) is 9.68 Å². The molecule has 1 aromatic carbocycles. The fourth-order valence-electron chi connectivity index (χ4n) is 2.56. The van der Waals surface area contributed by atoms with Crippen LogP contribution in [0.2, 0.25) is 0 Å². The molecule has 2 heterocycles. The molecule has 0 unspecified atom stereocenters. The SMILES string of the molecule is N#Cc1cccc(S(=O)(=O)N2CCN(C(=O)c3ccco3)CC2)c1. The van der Waals surface area contributed by atoms with Crippen LogP contribution in [0.3, 0.4) is 0 Å². The maximum Gasteiger partial charge on any atom is 0.289 e. The zero-order valence-electron chi connectivity index (χ0n) is 12.8. The number of benzene rings is 1. The van der Waals surface area contributed by atoms with Crippen LogP contribution in [0, 0.1) is 11.3 Å². The molecule has 7 nitrogen and oxygen atoms in total. The lowest BCUT2D eigenvalue weighted by molar-refractivity contribution is 0.0666. The van der Waals surface area contributed by atoms with Crippen molar-refractivity contribution in [1.82, 2.24) is 9.21 Å². The third kappa shape index (κ3) is 3.04. The Balaban J connectivity index is 1.72. The zero-order chi connectivity index (χ0) is 17.2. The third-order valence-corrected chi connectivity index (χ3v) is 5.75. The van der Waals surface area contributed by atoms with E-state index >= 15 is 0 Å². The number of rotatable bonds is 3. The maximum atomic E-state index is 12.7. The van der Waals surface area contributed by atoms with E-state index in [9.17, 15) is 13.2 Å². The first-order valence-corrected chi connectivity index (χ1v) is 8.79. The maximum absolute atomic E-state index is 12.7. The van der Waals surface area contributed by atoms with Crippen LogP contribution in [-0.4, -0.2) is 49.7 Å². The van der Waals surface area contributed by atoms with E-state index in [1.165, 1.54) is 22.7 Å². The second-order valence-corrected chi connectivity index (χ2v) is 7.25. The topological polar surface area (TPSA) is 94.6 Å². The van der Waals surface area contributed by atoms with Gasteiger partial charge in [0, 0.05) is 26.2 Å². The van der Waals surface area contributed by atoms with E-state index in [0.717, 1.165) is 0 Å². The van der Waals surface area contributed by atoms with E-state index in [1.54, 1.807) is 29.2 Å². The minimum Gasteiger partial charge on any atom is -0.459 e. The fraction of sp³-hybridized carbons (Fsp3) is 0.250. The lowest BCUT2D eigenvalue weighted by atomic mass is 10.2. The smallest absolute Gasteiger partial charge is 0.289 e. The van der Waals surface area contributed by atoms with E-state index in [0.29, 0.717) is 5.56 Å². The Hall–Kier alpha value is -2.63. The Morgan fingerprint density at radius 2 is 1.88 bits per heavy atom. The van der Waals surface area contributed by atoms with Crippen LogP contribution in [0.4, 0.5) is 0 Å². The van der Waals surface area contributed by atoms with Crippen molar-refractivity contribution in [2.45, 2.75) is 4.90 Å². The largest absolute Gasteiger partial charge is 0.459 e. The monoisotopic (exact) mass is 345 g/mol. The number of piperazine rings is 1. The molecule has 0 aliphatic carbocycles. The van der Waals surface area contributed by atoms with Gasteiger partial charge in [-0.1, -0.05) is 6.07 Å². The highest BCUT2D eigenvalue weighted by Crippen LogP contribution is 2.19. The first-order chi connectivity index (χ1) is 11.5. The van der Waals surface area contributed by atoms with Crippen LogP contribution in [0.25, 0.3) is 0 Å². The normalized spacial score (nSPS) is 15.9. The molecule has 8 heteroatoms. The molecular formula is C16H15N3O4S. The number of hydrogen-bond acceptors (Lipinski definition) is 5. The summed E-state index contributed by atoms with van der Waals surface area (Å²) in [4.78, 5) is 13.9. The number of amides is 1. The van der Waals surface area contributed by atoms with Crippen LogP contribution in [-0.2, 0) is 10.0 Å². The lowest BCUT2D eigenvalue weighted by Crippen LogP contribution is -2.50. The van der Waals surface area contributed by atoms with E-state index in [1.807, 2.05) is 6.07 Å². The number of hydrogen-bond donors (Lipinski definition) is 0. The molecule has 24 heavy (non-hydrogen) atoms. The van der Waals surface area contributed by atoms with Crippen molar-refractivity contribution in [3.63, 3.8) is 0 Å².